The fourth-order valence-corrected chi connectivity index (χ4v) is 2.07. The summed E-state index contributed by atoms with van der Waals surface area (Å²) in [4.78, 5) is 12.2. The predicted molar refractivity (Wildman–Crippen MR) is 78.7 cm³/mol. The van der Waals surface area contributed by atoms with Crippen LogP contribution in [0.25, 0.3) is 11.3 Å². The van der Waals surface area contributed by atoms with Gasteiger partial charge in [0.25, 0.3) is 0 Å². The number of carbonyl (C=O) groups excluding carboxylic acids is 1. The minimum atomic E-state index is -0.394. The Kier molecular flexibility index (Phi) is 3.55. The van der Waals surface area contributed by atoms with Crippen molar-refractivity contribution in [3.05, 3.63) is 83.4 Å². The Bertz CT molecular complexity index is 855. The SMILES string of the molecule is N#Cc1ccc(-c2ccc(C(=O)c3ccc(F)cc3)o2)cc1. The second-order valence-corrected chi connectivity index (χ2v) is 4.69. The molecule has 3 nitrogen and oxygen atoms in total. The van der Waals surface area contributed by atoms with Gasteiger partial charge in [-0.25, -0.2) is 4.39 Å². The molecule has 0 amide bonds. The first-order valence-electron chi connectivity index (χ1n) is 6.58. The summed E-state index contributed by atoms with van der Waals surface area (Å²) in [6.45, 7) is 0. The van der Waals surface area contributed by atoms with Crippen LogP contribution < -0.4 is 0 Å². The van der Waals surface area contributed by atoms with E-state index in [1.807, 2.05) is 6.07 Å². The normalized spacial score (nSPS) is 10.2. The first-order chi connectivity index (χ1) is 10.7. The molecule has 4 heteroatoms. The van der Waals surface area contributed by atoms with E-state index in [0.29, 0.717) is 16.9 Å². The predicted octanol–water partition coefficient (Wildman–Crippen LogP) is 4.19. The lowest BCUT2D eigenvalue weighted by Crippen LogP contribution is -1.99. The van der Waals surface area contributed by atoms with Crippen LogP contribution >= 0.6 is 0 Å². The van der Waals surface area contributed by atoms with Crippen molar-refractivity contribution < 1.29 is 13.6 Å². The van der Waals surface area contributed by atoms with E-state index in [0.717, 1.165) is 5.56 Å². The molecule has 3 rings (SSSR count). The number of carbonyl (C=O) groups is 1. The number of hydrogen-bond donors (Lipinski definition) is 0. The number of nitriles is 1. The van der Waals surface area contributed by atoms with E-state index in [-0.39, 0.29) is 11.5 Å². The van der Waals surface area contributed by atoms with Gasteiger partial charge in [-0.15, -0.1) is 0 Å². The van der Waals surface area contributed by atoms with Gasteiger partial charge in [0, 0.05) is 11.1 Å². The molecular weight excluding hydrogens is 281 g/mol. The van der Waals surface area contributed by atoms with Gasteiger partial charge in [0.05, 0.1) is 11.6 Å². The van der Waals surface area contributed by atoms with E-state index >= 15 is 0 Å². The fourth-order valence-electron chi connectivity index (χ4n) is 2.07. The maximum absolute atomic E-state index is 12.9. The summed E-state index contributed by atoms with van der Waals surface area (Å²) in [7, 11) is 0. The summed E-state index contributed by atoms with van der Waals surface area (Å²) in [5.41, 5.74) is 1.69. The Morgan fingerprint density at radius 2 is 1.64 bits per heavy atom. The van der Waals surface area contributed by atoms with Crippen molar-refractivity contribution in [3.63, 3.8) is 0 Å². The van der Waals surface area contributed by atoms with Crippen molar-refractivity contribution in [2.24, 2.45) is 0 Å². The third kappa shape index (κ3) is 2.65. The molecule has 0 unspecified atom stereocenters. The highest BCUT2D eigenvalue weighted by molar-refractivity contribution is 6.07. The van der Waals surface area contributed by atoms with Crippen LogP contribution in [0.15, 0.2) is 65.1 Å². The number of halogens is 1. The molecule has 0 bridgehead atoms. The number of furan rings is 1. The monoisotopic (exact) mass is 291 g/mol. The third-order valence-corrected chi connectivity index (χ3v) is 3.23. The minimum absolute atomic E-state index is 0.186. The second kappa shape index (κ2) is 5.66. The topological polar surface area (TPSA) is 54.0 Å². The average molecular weight is 291 g/mol. The van der Waals surface area contributed by atoms with Crippen LogP contribution in [0.5, 0.6) is 0 Å². The Balaban J connectivity index is 1.88. The van der Waals surface area contributed by atoms with Crippen LogP contribution in [-0.2, 0) is 0 Å². The van der Waals surface area contributed by atoms with Gasteiger partial charge in [0.15, 0.2) is 5.76 Å². The van der Waals surface area contributed by atoms with Gasteiger partial charge in [0.1, 0.15) is 11.6 Å². The summed E-state index contributed by atoms with van der Waals surface area (Å²) in [6, 6.07) is 17.5. The first-order valence-corrected chi connectivity index (χ1v) is 6.58. The summed E-state index contributed by atoms with van der Waals surface area (Å²) >= 11 is 0. The molecule has 1 aromatic heterocycles. The lowest BCUT2D eigenvalue weighted by atomic mass is 10.1. The molecule has 106 valence electrons. The van der Waals surface area contributed by atoms with Gasteiger partial charge in [-0.2, -0.15) is 5.26 Å². The van der Waals surface area contributed by atoms with Crippen molar-refractivity contribution in [1.82, 2.24) is 0 Å². The largest absolute Gasteiger partial charge is 0.453 e. The van der Waals surface area contributed by atoms with Gasteiger partial charge in [-0.1, -0.05) is 0 Å². The number of nitrogens with zero attached hydrogens (tertiary/aromatic N) is 1. The minimum Gasteiger partial charge on any atom is -0.453 e. The molecule has 0 spiro atoms. The molecule has 22 heavy (non-hydrogen) atoms. The van der Waals surface area contributed by atoms with Crippen molar-refractivity contribution in [2.45, 2.75) is 0 Å². The molecule has 0 saturated heterocycles. The Morgan fingerprint density at radius 3 is 2.27 bits per heavy atom. The van der Waals surface area contributed by atoms with Crippen molar-refractivity contribution in [2.75, 3.05) is 0 Å². The molecule has 0 aliphatic heterocycles. The van der Waals surface area contributed by atoms with Crippen LogP contribution in [0.1, 0.15) is 21.7 Å². The molecule has 0 atom stereocenters. The van der Waals surface area contributed by atoms with Gasteiger partial charge in [0.2, 0.25) is 5.78 Å². The zero-order valence-corrected chi connectivity index (χ0v) is 11.4. The Labute approximate surface area is 126 Å². The van der Waals surface area contributed by atoms with Gasteiger partial charge >= 0.3 is 0 Å². The van der Waals surface area contributed by atoms with Crippen LogP contribution in [0.4, 0.5) is 4.39 Å². The maximum Gasteiger partial charge on any atom is 0.228 e. The molecule has 1 heterocycles. The highest BCUT2D eigenvalue weighted by Crippen LogP contribution is 2.24. The molecule has 0 N–H and O–H groups in total. The van der Waals surface area contributed by atoms with Crippen molar-refractivity contribution >= 4 is 5.78 Å². The summed E-state index contributed by atoms with van der Waals surface area (Å²) in [5, 5.41) is 8.78. The highest BCUT2D eigenvalue weighted by Gasteiger charge is 2.14. The van der Waals surface area contributed by atoms with E-state index in [4.69, 9.17) is 9.68 Å². The summed E-state index contributed by atoms with van der Waals surface area (Å²) < 4.78 is 18.4. The van der Waals surface area contributed by atoms with E-state index < -0.39 is 5.82 Å². The smallest absolute Gasteiger partial charge is 0.228 e. The van der Waals surface area contributed by atoms with Crippen LogP contribution in [0.3, 0.4) is 0 Å². The second-order valence-electron chi connectivity index (χ2n) is 4.69. The Morgan fingerprint density at radius 1 is 0.955 bits per heavy atom. The van der Waals surface area contributed by atoms with Crippen molar-refractivity contribution in [1.29, 1.82) is 5.26 Å². The number of benzene rings is 2. The average Bonchev–Trinajstić information content (AvgIpc) is 3.05. The van der Waals surface area contributed by atoms with E-state index in [9.17, 15) is 9.18 Å². The van der Waals surface area contributed by atoms with Gasteiger partial charge in [-0.05, 0) is 60.7 Å². The van der Waals surface area contributed by atoms with Crippen molar-refractivity contribution in [3.8, 4) is 17.4 Å². The summed E-state index contributed by atoms with van der Waals surface area (Å²) in [5.74, 6) is 0.0232. The van der Waals surface area contributed by atoms with E-state index in [1.165, 1.54) is 24.3 Å². The molecule has 3 aromatic rings. The Hall–Kier alpha value is -3.19. The lowest BCUT2D eigenvalue weighted by Gasteiger charge is -1.99. The van der Waals surface area contributed by atoms with Gasteiger partial charge < -0.3 is 4.42 Å². The molecule has 0 aliphatic carbocycles. The molecule has 0 aliphatic rings. The molecule has 0 fully saturated rings. The summed E-state index contributed by atoms with van der Waals surface area (Å²) in [6.07, 6.45) is 0. The van der Waals surface area contributed by atoms with E-state index in [1.54, 1.807) is 36.4 Å². The van der Waals surface area contributed by atoms with Crippen LogP contribution in [0, 0.1) is 17.1 Å². The molecule has 0 radical (unpaired) electrons. The number of rotatable bonds is 3. The van der Waals surface area contributed by atoms with Crippen LogP contribution in [-0.4, -0.2) is 5.78 Å². The van der Waals surface area contributed by atoms with Gasteiger partial charge in [-0.3, -0.25) is 4.79 Å². The maximum atomic E-state index is 12.9. The van der Waals surface area contributed by atoms with Crippen LogP contribution in [0.2, 0.25) is 0 Å². The molecular formula is C18H10FNO2. The molecule has 0 saturated carbocycles. The zero-order valence-electron chi connectivity index (χ0n) is 11.4. The lowest BCUT2D eigenvalue weighted by molar-refractivity contribution is 0.101. The number of hydrogen-bond acceptors (Lipinski definition) is 3. The molecule has 2 aromatic carbocycles. The van der Waals surface area contributed by atoms with E-state index in [2.05, 4.69) is 0 Å². The number of ketones is 1. The highest BCUT2D eigenvalue weighted by atomic mass is 19.1. The quantitative estimate of drug-likeness (QED) is 0.680. The standard InChI is InChI=1S/C18H10FNO2/c19-15-7-5-14(6-8-15)18(21)17-10-9-16(22-17)13-3-1-12(11-20)2-4-13/h1-10H. The third-order valence-electron chi connectivity index (χ3n) is 3.23. The fraction of sp³-hybridized carbons (Fsp3) is 0. The first kappa shape index (κ1) is 13.8. The zero-order chi connectivity index (χ0) is 15.5.